The highest BCUT2D eigenvalue weighted by Crippen LogP contribution is 2.34. The first-order chi connectivity index (χ1) is 6.70. The van der Waals surface area contributed by atoms with E-state index in [0.717, 1.165) is 25.3 Å². The molecular weight excluding hydrogens is 184 g/mol. The summed E-state index contributed by atoms with van der Waals surface area (Å²) in [6.45, 7) is 0. The fourth-order valence-corrected chi connectivity index (χ4v) is 2.18. The van der Waals surface area contributed by atoms with E-state index in [1.807, 2.05) is 0 Å². The van der Waals surface area contributed by atoms with Crippen LogP contribution in [0.1, 0.15) is 30.7 Å². The summed E-state index contributed by atoms with van der Waals surface area (Å²) in [7, 11) is 0. The van der Waals surface area contributed by atoms with Crippen LogP contribution in [0, 0.1) is 11.6 Å². The Morgan fingerprint density at radius 1 is 1.21 bits per heavy atom. The summed E-state index contributed by atoms with van der Waals surface area (Å²) < 4.78 is 26.3. The third kappa shape index (κ3) is 1.52. The highest BCUT2D eigenvalue weighted by molar-refractivity contribution is 5.25. The van der Waals surface area contributed by atoms with Crippen molar-refractivity contribution in [3.63, 3.8) is 0 Å². The van der Waals surface area contributed by atoms with Gasteiger partial charge in [0.25, 0.3) is 0 Å². The van der Waals surface area contributed by atoms with Crippen LogP contribution in [0.2, 0.25) is 0 Å². The summed E-state index contributed by atoms with van der Waals surface area (Å²) in [6, 6.07) is 4.29. The van der Waals surface area contributed by atoms with Gasteiger partial charge in [-0.3, -0.25) is 0 Å². The van der Waals surface area contributed by atoms with Crippen LogP contribution in [-0.2, 0) is 0 Å². The Kier molecular flexibility index (Phi) is 2.50. The predicted molar refractivity (Wildman–Crippen MR) is 50.9 cm³/mol. The molecule has 3 heteroatoms. The van der Waals surface area contributed by atoms with E-state index in [4.69, 9.17) is 5.73 Å². The lowest BCUT2D eigenvalue weighted by molar-refractivity contribution is 0.479. The van der Waals surface area contributed by atoms with Gasteiger partial charge in [0.05, 0.1) is 0 Å². The quantitative estimate of drug-likeness (QED) is 0.735. The van der Waals surface area contributed by atoms with Gasteiger partial charge in [0.1, 0.15) is 0 Å². The van der Waals surface area contributed by atoms with Crippen molar-refractivity contribution in [2.45, 2.75) is 31.2 Å². The van der Waals surface area contributed by atoms with Gasteiger partial charge in [-0.2, -0.15) is 0 Å². The molecule has 2 unspecified atom stereocenters. The van der Waals surface area contributed by atoms with E-state index in [1.54, 1.807) is 12.1 Å². The van der Waals surface area contributed by atoms with Crippen molar-refractivity contribution in [3.05, 3.63) is 35.4 Å². The lowest BCUT2D eigenvalue weighted by Crippen LogP contribution is -2.23. The van der Waals surface area contributed by atoms with E-state index in [-0.39, 0.29) is 12.0 Å². The summed E-state index contributed by atoms with van der Waals surface area (Å²) in [4.78, 5) is 0. The molecule has 1 aromatic carbocycles. The highest BCUT2D eigenvalue weighted by atomic mass is 19.2. The number of hydrogen-bond donors (Lipinski definition) is 1. The van der Waals surface area contributed by atoms with Crippen molar-refractivity contribution in [1.29, 1.82) is 0 Å². The van der Waals surface area contributed by atoms with Crippen molar-refractivity contribution in [2.24, 2.45) is 5.73 Å². The van der Waals surface area contributed by atoms with Gasteiger partial charge in [0.15, 0.2) is 11.6 Å². The minimum absolute atomic E-state index is 0.00861. The van der Waals surface area contributed by atoms with E-state index in [9.17, 15) is 8.78 Å². The van der Waals surface area contributed by atoms with Crippen LogP contribution >= 0.6 is 0 Å². The van der Waals surface area contributed by atoms with Crippen molar-refractivity contribution < 1.29 is 8.78 Å². The van der Waals surface area contributed by atoms with E-state index in [1.165, 1.54) is 0 Å². The second-order valence-electron chi connectivity index (χ2n) is 3.84. The average Bonchev–Trinajstić information content (AvgIpc) is 2.57. The number of nitrogens with two attached hydrogens (primary N) is 1. The normalized spacial score (nSPS) is 26.8. The Balaban J connectivity index is 2.36. The molecule has 0 radical (unpaired) electrons. The van der Waals surface area contributed by atoms with Crippen LogP contribution in [0.15, 0.2) is 18.2 Å². The van der Waals surface area contributed by atoms with Gasteiger partial charge in [-0.25, -0.2) is 8.78 Å². The first-order valence-corrected chi connectivity index (χ1v) is 4.89. The minimum atomic E-state index is -0.776. The van der Waals surface area contributed by atoms with Gasteiger partial charge >= 0.3 is 0 Å². The maximum absolute atomic E-state index is 13.4. The Morgan fingerprint density at radius 2 is 2.00 bits per heavy atom. The summed E-state index contributed by atoms with van der Waals surface area (Å²) >= 11 is 0. The Bertz CT molecular complexity index is 338. The molecule has 0 aliphatic heterocycles. The number of rotatable bonds is 1. The monoisotopic (exact) mass is 197 g/mol. The van der Waals surface area contributed by atoms with Crippen LogP contribution < -0.4 is 5.73 Å². The molecule has 2 rings (SSSR count). The van der Waals surface area contributed by atoms with Crippen molar-refractivity contribution >= 4 is 0 Å². The second-order valence-corrected chi connectivity index (χ2v) is 3.84. The minimum Gasteiger partial charge on any atom is -0.327 e. The van der Waals surface area contributed by atoms with Gasteiger partial charge in [0.2, 0.25) is 0 Å². The molecule has 0 amide bonds. The number of halogens is 2. The maximum Gasteiger partial charge on any atom is 0.162 e. The molecule has 0 saturated heterocycles. The first kappa shape index (κ1) is 9.59. The molecule has 0 spiro atoms. The molecule has 1 fully saturated rings. The molecule has 1 nitrogen and oxygen atoms in total. The lowest BCUT2D eigenvalue weighted by Gasteiger charge is -2.16. The van der Waals surface area contributed by atoms with Crippen molar-refractivity contribution in [3.8, 4) is 0 Å². The molecule has 1 aromatic rings. The van der Waals surface area contributed by atoms with E-state index in [0.29, 0.717) is 5.56 Å². The number of benzene rings is 1. The fourth-order valence-electron chi connectivity index (χ4n) is 2.18. The van der Waals surface area contributed by atoms with Gasteiger partial charge in [-0.1, -0.05) is 18.6 Å². The molecule has 0 aromatic heterocycles. The molecule has 76 valence electrons. The molecule has 1 aliphatic carbocycles. The molecule has 0 bridgehead atoms. The SMILES string of the molecule is NC1CCCC1c1cccc(F)c1F. The maximum atomic E-state index is 13.4. The zero-order valence-electron chi connectivity index (χ0n) is 7.84. The smallest absolute Gasteiger partial charge is 0.162 e. The summed E-state index contributed by atoms with van der Waals surface area (Å²) in [5, 5.41) is 0. The predicted octanol–water partition coefficient (Wildman–Crippen LogP) is 2.56. The standard InChI is InChI=1S/C11H13F2N/c12-9-5-1-4-8(11(9)13)7-3-2-6-10(7)14/h1,4-5,7,10H,2-3,6,14H2. The molecule has 14 heavy (non-hydrogen) atoms. The lowest BCUT2D eigenvalue weighted by atomic mass is 9.94. The number of hydrogen-bond acceptors (Lipinski definition) is 1. The van der Waals surface area contributed by atoms with Gasteiger partial charge in [0, 0.05) is 12.0 Å². The van der Waals surface area contributed by atoms with Crippen LogP contribution in [0.4, 0.5) is 8.78 Å². The third-order valence-corrected chi connectivity index (χ3v) is 2.95. The largest absolute Gasteiger partial charge is 0.327 e. The first-order valence-electron chi connectivity index (χ1n) is 4.89. The topological polar surface area (TPSA) is 26.0 Å². The molecule has 1 saturated carbocycles. The third-order valence-electron chi connectivity index (χ3n) is 2.95. The van der Waals surface area contributed by atoms with Crippen LogP contribution in [0.3, 0.4) is 0 Å². The van der Waals surface area contributed by atoms with E-state index >= 15 is 0 Å². The Labute approximate surface area is 81.9 Å². The summed E-state index contributed by atoms with van der Waals surface area (Å²) in [5.74, 6) is -1.51. The van der Waals surface area contributed by atoms with E-state index in [2.05, 4.69) is 0 Å². The zero-order chi connectivity index (χ0) is 10.1. The van der Waals surface area contributed by atoms with E-state index < -0.39 is 11.6 Å². The fraction of sp³-hybridized carbons (Fsp3) is 0.455. The van der Waals surface area contributed by atoms with Gasteiger partial charge in [-0.05, 0) is 24.5 Å². The van der Waals surface area contributed by atoms with Crippen molar-refractivity contribution in [1.82, 2.24) is 0 Å². The average molecular weight is 197 g/mol. The van der Waals surface area contributed by atoms with Crippen LogP contribution in [0.25, 0.3) is 0 Å². The van der Waals surface area contributed by atoms with Crippen molar-refractivity contribution in [2.75, 3.05) is 0 Å². The van der Waals surface area contributed by atoms with Crippen LogP contribution in [-0.4, -0.2) is 6.04 Å². The van der Waals surface area contributed by atoms with Crippen LogP contribution in [0.5, 0.6) is 0 Å². The molecule has 1 aliphatic rings. The highest BCUT2D eigenvalue weighted by Gasteiger charge is 2.28. The Hall–Kier alpha value is -0.960. The Morgan fingerprint density at radius 3 is 2.64 bits per heavy atom. The zero-order valence-corrected chi connectivity index (χ0v) is 7.84. The van der Waals surface area contributed by atoms with Gasteiger partial charge in [-0.15, -0.1) is 0 Å². The molecular formula is C11H13F2N. The molecule has 2 N–H and O–H groups in total. The molecule has 2 atom stereocenters. The second kappa shape index (κ2) is 3.65. The summed E-state index contributed by atoms with van der Waals surface area (Å²) in [5.41, 5.74) is 6.28. The molecule has 0 heterocycles. The van der Waals surface area contributed by atoms with Gasteiger partial charge < -0.3 is 5.73 Å². The summed E-state index contributed by atoms with van der Waals surface area (Å²) in [6.07, 6.45) is 2.77.